The predicted molar refractivity (Wildman–Crippen MR) is 63.5 cm³/mol. The van der Waals surface area contributed by atoms with Crippen LogP contribution in [0.4, 0.5) is 0 Å². The Hall–Kier alpha value is -1.81. The first kappa shape index (κ1) is 13.3. The fourth-order valence-electron chi connectivity index (χ4n) is 1.18. The van der Waals surface area contributed by atoms with Crippen LogP contribution in [0.25, 0.3) is 0 Å². The van der Waals surface area contributed by atoms with E-state index in [9.17, 15) is 9.59 Å². The highest BCUT2D eigenvalue weighted by molar-refractivity contribution is 6.46. The fourth-order valence-corrected chi connectivity index (χ4v) is 1.38. The summed E-state index contributed by atoms with van der Waals surface area (Å²) in [7, 11) is 0. The van der Waals surface area contributed by atoms with E-state index in [2.05, 4.69) is 0 Å². The molecule has 1 rings (SSSR count). The molecule has 0 radical (unpaired) electrons. The zero-order valence-corrected chi connectivity index (χ0v) is 9.90. The number of hydrogen-bond acceptors (Lipinski definition) is 3. The highest BCUT2D eigenvalue weighted by Gasteiger charge is 2.11. The first-order chi connectivity index (χ1) is 8.04. The Labute approximate surface area is 103 Å². The average molecular weight is 255 g/mol. The minimum atomic E-state index is -1.26. The molecule has 4 nitrogen and oxygen atoms in total. The number of halogens is 1. The molecule has 0 spiro atoms. The number of carbonyl (C=O) groups excluding carboxylic acids is 1. The Bertz CT molecular complexity index is 448. The molecule has 90 valence electrons. The number of rotatable bonds is 5. The van der Waals surface area contributed by atoms with Crippen LogP contribution in [0.3, 0.4) is 0 Å². The van der Waals surface area contributed by atoms with Crippen LogP contribution in [-0.4, -0.2) is 23.5 Å². The standard InChI is InChI=1S/C12H11ClO4/c1-2-17-9-5-3-8(4-6-9)12(16)10(13)7-11(14)15/h3-7H,2H2,1H3,(H,14,15)/b10-7-. The maximum atomic E-state index is 11.6. The number of carbonyl (C=O) groups is 2. The lowest BCUT2D eigenvalue weighted by molar-refractivity contribution is -0.131. The average Bonchev–Trinajstić information content (AvgIpc) is 2.28. The van der Waals surface area contributed by atoms with E-state index in [0.29, 0.717) is 24.0 Å². The normalized spacial score (nSPS) is 11.1. The summed E-state index contributed by atoms with van der Waals surface area (Å²) in [5.74, 6) is -1.14. The van der Waals surface area contributed by atoms with Crippen molar-refractivity contribution in [3.05, 3.63) is 40.9 Å². The number of allylic oxidation sites excluding steroid dienone is 1. The van der Waals surface area contributed by atoms with Gasteiger partial charge in [-0.05, 0) is 31.2 Å². The molecule has 0 aliphatic rings. The van der Waals surface area contributed by atoms with E-state index in [0.717, 1.165) is 0 Å². The van der Waals surface area contributed by atoms with Crippen LogP contribution in [0.2, 0.25) is 0 Å². The van der Waals surface area contributed by atoms with Gasteiger partial charge < -0.3 is 9.84 Å². The van der Waals surface area contributed by atoms with Gasteiger partial charge in [0, 0.05) is 11.6 Å². The van der Waals surface area contributed by atoms with Gasteiger partial charge >= 0.3 is 5.97 Å². The SMILES string of the molecule is CCOc1ccc(C(=O)/C(Cl)=C/C(=O)O)cc1. The zero-order chi connectivity index (χ0) is 12.8. The first-order valence-corrected chi connectivity index (χ1v) is 5.30. The summed E-state index contributed by atoms with van der Waals surface area (Å²) in [5.41, 5.74) is 0.316. The van der Waals surface area contributed by atoms with Crippen LogP contribution < -0.4 is 4.74 Å². The Morgan fingerprint density at radius 2 is 1.94 bits per heavy atom. The molecule has 0 bridgehead atoms. The van der Waals surface area contributed by atoms with Crippen molar-refractivity contribution in [2.75, 3.05) is 6.61 Å². The van der Waals surface area contributed by atoms with Crippen molar-refractivity contribution in [3.8, 4) is 5.75 Å². The van der Waals surface area contributed by atoms with E-state index in [1.165, 1.54) is 12.1 Å². The van der Waals surface area contributed by atoms with E-state index >= 15 is 0 Å². The van der Waals surface area contributed by atoms with E-state index in [1.54, 1.807) is 12.1 Å². The Kier molecular flexibility index (Phi) is 4.72. The lowest BCUT2D eigenvalue weighted by Crippen LogP contribution is -2.02. The van der Waals surface area contributed by atoms with Crippen LogP contribution >= 0.6 is 11.6 Å². The smallest absolute Gasteiger partial charge is 0.329 e. The molecule has 1 aromatic rings. The summed E-state index contributed by atoms with van der Waals surface area (Å²) in [6.07, 6.45) is 0.667. The van der Waals surface area contributed by atoms with Gasteiger partial charge in [0.05, 0.1) is 11.6 Å². The Balaban J connectivity index is 2.86. The highest BCUT2D eigenvalue weighted by Crippen LogP contribution is 2.16. The van der Waals surface area contributed by atoms with Crippen molar-refractivity contribution >= 4 is 23.4 Å². The topological polar surface area (TPSA) is 63.6 Å². The van der Waals surface area contributed by atoms with Gasteiger partial charge in [-0.25, -0.2) is 4.79 Å². The van der Waals surface area contributed by atoms with E-state index in [1.807, 2.05) is 6.92 Å². The third-order valence-electron chi connectivity index (χ3n) is 1.89. The lowest BCUT2D eigenvalue weighted by Gasteiger charge is -2.03. The highest BCUT2D eigenvalue weighted by atomic mass is 35.5. The molecule has 0 amide bonds. The maximum Gasteiger partial charge on any atom is 0.329 e. The summed E-state index contributed by atoms with van der Waals surface area (Å²) < 4.78 is 5.21. The number of Topliss-reactive ketones (excluding diaryl/α,β-unsaturated/α-hetero) is 1. The van der Waals surface area contributed by atoms with Crippen LogP contribution in [0.15, 0.2) is 35.4 Å². The van der Waals surface area contributed by atoms with Crippen molar-refractivity contribution < 1.29 is 19.4 Å². The second kappa shape index (κ2) is 6.06. The molecule has 0 saturated heterocycles. The molecular formula is C12H11ClO4. The molecule has 0 aliphatic carbocycles. The molecule has 5 heteroatoms. The molecular weight excluding hydrogens is 244 g/mol. The molecule has 17 heavy (non-hydrogen) atoms. The van der Waals surface area contributed by atoms with Crippen molar-refractivity contribution in [1.29, 1.82) is 0 Å². The van der Waals surface area contributed by atoms with Gasteiger partial charge in [0.1, 0.15) is 5.75 Å². The largest absolute Gasteiger partial charge is 0.494 e. The second-order valence-corrected chi connectivity index (χ2v) is 3.52. The lowest BCUT2D eigenvalue weighted by atomic mass is 10.1. The van der Waals surface area contributed by atoms with Gasteiger partial charge in [0.2, 0.25) is 5.78 Å². The third kappa shape index (κ3) is 3.92. The van der Waals surface area contributed by atoms with E-state index < -0.39 is 11.8 Å². The minimum Gasteiger partial charge on any atom is -0.494 e. The number of aliphatic carboxylic acids is 1. The van der Waals surface area contributed by atoms with Crippen molar-refractivity contribution in [2.45, 2.75) is 6.92 Å². The molecule has 0 saturated carbocycles. The van der Waals surface area contributed by atoms with Gasteiger partial charge in [-0.2, -0.15) is 0 Å². The summed E-state index contributed by atoms with van der Waals surface area (Å²) in [5, 5.41) is 8.13. The fraction of sp³-hybridized carbons (Fsp3) is 0.167. The quantitative estimate of drug-likeness (QED) is 0.648. The molecule has 0 heterocycles. The summed E-state index contributed by atoms with van der Waals surface area (Å²) in [4.78, 5) is 22.0. The number of carboxylic acids is 1. The molecule has 1 N–H and O–H groups in total. The predicted octanol–water partition coefficient (Wildman–Crippen LogP) is 2.48. The van der Waals surface area contributed by atoms with Crippen molar-refractivity contribution in [2.24, 2.45) is 0 Å². The summed E-state index contributed by atoms with van der Waals surface area (Å²) in [6.45, 7) is 2.39. The Morgan fingerprint density at radius 1 is 1.35 bits per heavy atom. The van der Waals surface area contributed by atoms with Gasteiger partial charge in [-0.1, -0.05) is 11.6 Å². The zero-order valence-electron chi connectivity index (χ0n) is 9.14. The number of carboxylic acid groups (broad SMARTS) is 1. The minimum absolute atomic E-state index is 0.316. The Morgan fingerprint density at radius 3 is 2.41 bits per heavy atom. The number of ether oxygens (including phenoxy) is 1. The van der Waals surface area contributed by atoms with Crippen LogP contribution in [-0.2, 0) is 4.79 Å². The van der Waals surface area contributed by atoms with Gasteiger partial charge in [-0.3, -0.25) is 4.79 Å². The maximum absolute atomic E-state index is 11.6. The van der Waals surface area contributed by atoms with Gasteiger partial charge in [0.15, 0.2) is 0 Å². The molecule has 0 aromatic heterocycles. The third-order valence-corrected chi connectivity index (χ3v) is 2.18. The number of hydrogen-bond donors (Lipinski definition) is 1. The molecule has 1 aromatic carbocycles. The molecule has 0 atom stereocenters. The molecule has 0 unspecified atom stereocenters. The monoisotopic (exact) mass is 254 g/mol. The van der Waals surface area contributed by atoms with Gasteiger partial charge in [0.25, 0.3) is 0 Å². The first-order valence-electron chi connectivity index (χ1n) is 4.92. The number of ketones is 1. The molecule has 0 fully saturated rings. The van der Waals surface area contributed by atoms with Crippen LogP contribution in [0, 0.1) is 0 Å². The van der Waals surface area contributed by atoms with Crippen LogP contribution in [0.5, 0.6) is 5.75 Å². The summed E-state index contributed by atoms with van der Waals surface area (Å²) in [6, 6.07) is 6.32. The van der Waals surface area contributed by atoms with E-state index in [4.69, 9.17) is 21.4 Å². The van der Waals surface area contributed by atoms with E-state index in [-0.39, 0.29) is 5.03 Å². The van der Waals surface area contributed by atoms with Crippen molar-refractivity contribution in [1.82, 2.24) is 0 Å². The second-order valence-electron chi connectivity index (χ2n) is 3.12. The molecule has 0 aliphatic heterocycles. The summed E-state index contributed by atoms with van der Waals surface area (Å²) >= 11 is 5.56. The number of benzene rings is 1. The van der Waals surface area contributed by atoms with Crippen LogP contribution in [0.1, 0.15) is 17.3 Å². The van der Waals surface area contributed by atoms with Gasteiger partial charge in [-0.15, -0.1) is 0 Å². The van der Waals surface area contributed by atoms with Crippen molar-refractivity contribution in [3.63, 3.8) is 0 Å².